The number of nitrogens with one attached hydrogen (secondary N) is 1. The normalized spacial score (nSPS) is 16.7. The van der Waals surface area contributed by atoms with E-state index in [2.05, 4.69) is 50.0 Å². The van der Waals surface area contributed by atoms with Gasteiger partial charge in [-0.25, -0.2) is 0 Å². The third-order valence-electron chi connectivity index (χ3n) is 6.00. The van der Waals surface area contributed by atoms with E-state index in [1.807, 2.05) is 52.8 Å². The van der Waals surface area contributed by atoms with Crippen molar-refractivity contribution in [3.8, 4) is 5.75 Å². The Kier molecular flexibility index (Phi) is 14.7. The Hall–Kier alpha value is -3.32. The molecule has 202 valence electrons. The van der Waals surface area contributed by atoms with Crippen LogP contribution in [0.3, 0.4) is 0 Å². The van der Waals surface area contributed by atoms with Gasteiger partial charge < -0.3 is 15.3 Å². The van der Waals surface area contributed by atoms with Crippen molar-refractivity contribution in [2.45, 2.75) is 54.4 Å². The first-order valence-corrected chi connectivity index (χ1v) is 13.4. The molecular formula is C30H46N6O. The van der Waals surface area contributed by atoms with Crippen molar-refractivity contribution in [3.05, 3.63) is 59.7 Å². The van der Waals surface area contributed by atoms with E-state index in [-0.39, 0.29) is 5.75 Å². The maximum Gasteiger partial charge on any atom is 0.131 e. The van der Waals surface area contributed by atoms with Crippen molar-refractivity contribution in [2.24, 2.45) is 20.2 Å². The van der Waals surface area contributed by atoms with Gasteiger partial charge in [0.2, 0.25) is 0 Å². The van der Waals surface area contributed by atoms with Crippen LogP contribution in [0, 0.1) is 0 Å². The molecule has 2 heterocycles. The zero-order chi connectivity index (χ0) is 27.8. The molecule has 1 saturated heterocycles. The number of hydrogen-bond donors (Lipinski definition) is 2. The fourth-order valence-electron chi connectivity index (χ4n) is 3.86. The molecule has 0 spiro atoms. The van der Waals surface area contributed by atoms with Gasteiger partial charge in [0.1, 0.15) is 11.6 Å². The van der Waals surface area contributed by atoms with Crippen LogP contribution in [0.1, 0.15) is 65.5 Å². The zero-order valence-electron chi connectivity index (χ0n) is 24.1. The van der Waals surface area contributed by atoms with E-state index in [9.17, 15) is 5.11 Å². The Labute approximate surface area is 224 Å². The SMILES string of the molecule is C=C/C(=C\C(=NC)C(C)=NC)c1ccc(C2=NN=C(N3CCNCC3)CC(CC)=C2)c(O)c1.CC.CC. The van der Waals surface area contributed by atoms with E-state index < -0.39 is 0 Å². The summed E-state index contributed by atoms with van der Waals surface area (Å²) in [4.78, 5) is 10.8. The molecule has 2 N–H and O–H groups in total. The summed E-state index contributed by atoms with van der Waals surface area (Å²) in [7, 11) is 3.48. The van der Waals surface area contributed by atoms with Crippen LogP contribution < -0.4 is 5.32 Å². The highest BCUT2D eigenvalue weighted by atomic mass is 16.3. The predicted molar refractivity (Wildman–Crippen MR) is 163 cm³/mol. The topological polar surface area (TPSA) is 84.9 Å². The number of allylic oxidation sites excluding steroid dienone is 4. The Morgan fingerprint density at radius 1 is 1.11 bits per heavy atom. The lowest BCUT2D eigenvalue weighted by atomic mass is 9.97. The second-order valence-electron chi connectivity index (χ2n) is 8.03. The third kappa shape index (κ3) is 8.93. The molecule has 0 aliphatic carbocycles. The van der Waals surface area contributed by atoms with Gasteiger partial charge in [0.25, 0.3) is 0 Å². The molecule has 0 aromatic heterocycles. The summed E-state index contributed by atoms with van der Waals surface area (Å²) in [5.74, 6) is 1.15. The molecular weight excluding hydrogens is 460 g/mol. The average Bonchev–Trinajstić information content (AvgIpc) is 3.19. The molecule has 3 rings (SSSR count). The Morgan fingerprint density at radius 2 is 1.78 bits per heavy atom. The lowest BCUT2D eigenvalue weighted by Crippen LogP contribution is -2.46. The molecule has 0 bridgehead atoms. The molecule has 1 aromatic carbocycles. The van der Waals surface area contributed by atoms with Gasteiger partial charge in [0.05, 0.1) is 17.1 Å². The minimum Gasteiger partial charge on any atom is -0.507 e. The smallest absolute Gasteiger partial charge is 0.131 e. The number of aliphatic imine (C=N–C) groups is 2. The minimum absolute atomic E-state index is 0.155. The van der Waals surface area contributed by atoms with Gasteiger partial charge in [-0.2, -0.15) is 0 Å². The lowest BCUT2D eigenvalue weighted by molar-refractivity contribution is 0.352. The number of phenols is 1. The standard InChI is InChI=1S/C26H34N6O.2C2H6/c1-6-19-14-24(30-31-26(15-19)32-12-10-29-11-13-32)22-9-8-21(17-25(22)33)20(7-2)16-23(28-5)18(3)27-4;2*1-2/h7-9,14,16-17,29,33H,2,6,10-13,15H2,1,3-5H3;2*1-2H3/b20-16+,27-18?,28-23?;;. The lowest BCUT2D eigenvalue weighted by Gasteiger charge is -2.29. The number of nitrogens with zero attached hydrogens (tertiary/aromatic N) is 5. The number of piperazine rings is 1. The van der Waals surface area contributed by atoms with Gasteiger partial charge in [-0.3, -0.25) is 9.98 Å². The van der Waals surface area contributed by atoms with Crippen LogP contribution in [0.25, 0.3) is 5.57 Å². The predicted octanol–water partition coefficient (Wildman–Crippen LogP) is 5.92. The van der Waals surface area contributed by atoms with Crippen molar-refractivity contribution in [2.75, 3.05) is 40.3 Å². The highest BCUT2D eigenvalue weighted by Gasteiger charge is 2.19. The summed E-state index contributed by atoms with van der Waals surface area (Å²) in [5.41, 5.74) is 5.89. The number of benzene rings is 1. The monoisotopic (exact) mass is 506 g/mol. The van der Waals surface area contributed by atoms with E-state index in [0.29, 0.717) is 11.3 Å². The van der Waals surface area contributed by atoms with Crippen LogP contribution in [0.15, 0.2) is 68.8 Å². The molecule has 2 aliphatic heterocycles. The molecule has 0 amide bonds. The van der Waals surface area contributed by atoms with Crippen LogP contribution >= 0.6 is 0 Å². The Morgan fingerprint density at radius 3 is 2.32 bits per heavy atom. The average molecular weight is 507 g/mol. The van der Waals surface area contributed by atoms with Crippen molar-refractivity contribution in [1.29, 1.82) is 0 Å². The number of aromatic hydroxyl groups is 1. The van der Waals surface area contributed by atoms with Crippen LogP contribution in [0.5, 0.6) is 5.75 Å². The fraction of sp³-hybridized carbons (Fsp3) is 0.467. The van der Waals surface area contributed by atoms with E-state index in [1.165, 1.54) is 5.57 Å². The third-order valence-corrected chi connectivity index (χ3v) is 6.00. The number of rotatable bonds is 6. The first-order chi connectivity index (χ1) is 18.0. The molecule has 0 unspecified atom stereocenters. The van der Waals surface area contributed by atoms with Crippen molar-refractivity contribution < 1.29 is 5.11 Å². The zero-order valence-corrected chi connectivity index (χ0v) is 24.1. The minimum atomic E-state index is 0.155. The molecule has 7 heteroatoms. The highest BCUT2D eigenvalue weighted by Crippen LogP contribution is 2.27. The van der Waals surface area contributed by atoms with E-state index in [1.54, 1.807) is 26.2 Å². The second kappa shape index (κ2) is 17.2. The van der Waals surface area contributed by atoms with Crippen LogP contribution in [0.2, 0.25) is 0 Å². The first-order valence-electron chi connectivity index (χ1n) is 13.4. The molecule has 37 heavy (non-hydrogen) atoms. The largest absolute Gasteiger partial charge is 0.507 e. The highest BCUT2D eigenvalue weighted by molar-refractivity contribution is 6.46. The summed E-state index contributed by atoms with van der Waals surface area (Å²) in [6, 6.07) is 5.59. The number of amidine groups is 1. The van der Waals surface area contributed by atoms with Crippen molar-refractivity contribution in [1.82, 2.24) is 10.2 Å². The molecule has 0 saturated carbocycles. The Bertz CT molecular complexity index is 1070. The van der Waals surface area contributed by atoms with Gasteiger partial charge in [-0.05, 0) is 48.8 Å². The summed E-state index contributed by atoms with van der Waals surface area (Å²) < 4.78 is 0. The summed E-state index contributed by atoms with van der Waals surface area (Å²) in [6.07, 6.45) is 7.42. The first kappa shape index (κ1) is 31.7. The molecule has 7 nitrogen and oxygen atoms in total. The molecule has 0 atom stereocenters. The fourth-order valence-corrected chi connectivity index (χ4v) is 3.86. The number of phenolic OH excluding ortho intramolecular Hbond substituents is 1. The molecule has 2 aliphatic rings. The maximum atomic E-state index is 10.9. The number of hydrogen-bond acceptors (Lipinski definition) is 7. The van der Waals surface area contributed by atoms with E-state index >= 15 is 0 Å². The van der Waals surface area contributed by atoms with Crippen LogP contribution in [0.4, 0.5) is 0 Å². The van der Waals surface area contributed by atoms with Gasteiger partial charge in [0.15, 0.2) is 0 Å². The summed E-state index contributed by atoms with van der Waals surface area (Å²) in [6.45, 7) is 19.8. The van der Waals surface area contributed by atoms with Gasteiger partial charge in [-0.15, -0.1) is 10.2 Å². The second-order valence-corrected chi connectivity index (χ2v) is 8.03. The van der Waals surface area contributed by atoms with E-state index in [0.717, 1.165) is 67.4 Å². The van der Waals surface area contributed by atoms with Crippen molar-refractivity contribution >= 4 is 28.5 Å². The van der Waals surface area contributed by atoms with Gasteiger partial charge >= 0.3 is 0 Å². The van der Waals surface area contributed by atoms with Gasteiger partial charge in [-0.1, -0.05) is 58.9 Å². The summed E-state index contributed by atoms with van der Waals surface area (Å²) in [5, 5.41) is 23.4. The van der Waals surface area contributed by atoms with E-state index in [4.69, 9.17) is 0 Å². The summed E-state index contributed by atoms with van der Waals surface area (Å²) >= 11 is 0. The Balaban J connectivity index is 0.00000163. The molecule has 1 fully saturated rings. The van der Waals surface area contributed by atoms with Crippen molar-refractivity contribution in [3.63, 3.8) is 0 Å². The molecule has 1 aromatic rings. The maximum absolute atomic E-state index is 10.9. The molecule has 0 radical (unpaired) electrons. The quantitative estimate of drug-likeness (QED) is 0.371. The van der Waals surface area contributed by atoms with Crippen LogP contribution in [-0.4, -0.2) is 73.3 Å². The van der Waals surface area contributed by atoms with Gasteiger partial charge in [0, 0.05) is 52.3 Å². The van der Waals surface area contributed by atoms with Crippen LogP contribution in [-0.2, 0) is 0 Å².